The van der Waals surface area contributed by atoms with E-state index >= 15 is 0 Å². The number of hydrogen-bond donors (Lipinski definition) is 1. The molecule has 8 nitrogen and oxygen atoms in total. The van der Waals surface area contributed by atoms with E-state index in [0.717, 1.165) is 70.6 Å². The van der Waals surface area contributed by atoms with E-state index in [0.29, 0.717) is 24.1 Å². The Morgan fingerprint density at radius 1 is 0.542 bits per heavy atom. The minimum absolute atomic E-state index is 0.0755. The normalized spacial score (nSPS) is 14.3. The van der Waals surface area contributed by atoms with Crippen LogP contribution in [0.25, 0.3) is 0 Å². The van der Waals surface area contributed by atoms with Crippen molar-refractivity contribution in [2.45, 2.75) is 187 Å². The lowest BCUT2D eigenvalue weighted by atomic mass is 10.0. The molecule has 0 aliphatic heterocycles. The molecule has 0 saturated carbocycles. The van der Waals surface area contributed by atoms with E-state index in [1.807, 2.05) is 21.1 Å². The van der Waals surface area contributed by atoms with Crippen LogP contribution in [0.4, 0.5) is 0 Å². The van der Waals surface area contributed by atoms with Crippen LogP contribution in [-0.4, -0.2) is 75.6 Å². The number of esters is 1. The molecule has 0 fully saturated rings. The monoisotopic (exact) mass is 849 g/mol. The number of carbonyl (C=O) groups excluding carboxylic acids is 1. The molecule has 9 heteroatoms. The maximum atomic E-state index is 12.7. The van der Waals surface area contributed by atoms with Gasteiger partial charge in [-0.2, -0.15) is 0 Å². The van der Waals surface area contributed by atoms with E-state index in [2.05, 4.69) is 86.8 Å². The number of unbranched alkanes of at least 4 members (excludes halogenated alkanes) is 17. The van der Waals surface area contributed by atoms with E-state index in [1.165, 1.54) is 89.9 Å². The van der Waals surface area contributed by atoms with Crippen LogP contribution in [0.1, 0.15) is 181 Å². The summed E-state index contributed by atoms with van der Waals surface area (Å²) >= 11 is 0. The first kappa shape index (κ1) is 56.9. The van der Waals surface area contributed by atoms with Gasteiger partial charge in [0, 0.05) is 13.0 Å². The van der Waals surface area contributed by atoms with E-state index in [9.17, 15) is 14.3 Å². The van der Waals surface area contributed by atoms with Gasteiger partial charge in [0.25, 0.3) is 0 Å². The fraction of sp³-hybridized carbons (Fsp3) is 0.740. The number of phosphoric ester groups is 1. The number of allylic oxidation sites excluding steroid dienone is 12. The fourth-order valence-electron chi connectivity index (χ4n) is 6.16. The van der Waals surface area contributed by atoms with Gasteiger partial charge in [-0.3, -0.25) is 13.8 Å². The topological polar surface area (TPSA) is 91.3 Å². The Morgan fingerprint density at radius 3 is 1.41 bits per heavy atom. The Hall–Kier alpha value is -2.06. The van der Waals surface area contributed by atoms with Crippen LogP contribution in [0, 0.1) is 0 Å². The first-order valence-corrected chi connectivity index (χ1v) is 25.2. The summed E-state index contributed by atoms with van der Waals surface area (Å²) in [5.74, 6) is -0.333. The molecule has 0 rings (SSSR count). The Bertz CT molecular complexity index is 1170. The molecule has 0 aromatic rings. The highest BCUT2D eigenvalue weighted by Crippen LogP contribution is 2.43. The first-order valence-electron chi connectivity index (χ1n) is 23.7. The molecule has 0 aromatic heterocycles. The molecule has 0 saturated heterocycles. The van der Waals surface area contributed by atoms with Crippen LogP contribution in [0.3, 0.4) is 0 Å². The lowest BCUT2D eigenvalue weighted by Crippen LogP contribution is -2.37. The Balaban J connectivity index is 4.31. The third-order valence-electron chi connectivity index (χ3n) is 9.78. The number of rotatable bonds is 43. The summed E-state index contributed by atoms with van der Waals surface area (Å²) in [4.78, 5) is 22.9. The lowest BCUT2D eigenvalue weighted by Gasteiger charge is -2.24. The third kappa shape index (κ3) is 46.9. The summed E-state index contributed by atoms with van der Waals surface area (Å²) in [5.41, 5.74) is 0. The maximum absolute atomic E-state index is 12.7. The van der Waals surface area contributed by atoms with Crippen LogP contribution in [0.15, 0.2) is 72.9 Å². The molecule has 0 aromatic carbocycles. The van der Waals surface area contributed by atoms with Gasteiger partial charge in [-0.15, -0.1) is 0 Å². The molecule has 2 unspecified atom stereocenters. The third-order valence-corrected chi connectivity index (χ3v) is 10.8. The summed E-state index contributed by atoms with van der Waals surface area (Å²) in [6.45, 7) is 5.35. The zero-order valence-electron chi connectivity index (χ0n) is 38.7. The molecule has 2 atom stereocenters. The quantitative estimate of drug-likeness (QED) is 0.0215. The fourth-order valence-corrected chi connectivity index (χ4v) is 6.90. The van der Waals surface area contributed by atoms with Crippen molar-refractivity contribution >= 4 is 13.8 Å². The largest absolute Gasteiger partial charge is 0.472 e. The molecule has 59 heavy (non-hydrogen) atoms. The second-order valence-corrected chi connectivity index (χ2v) is 18.2. The highest BCUT2D eigenvalue weighted by Gasteiger charge is 2.26. The van der Waals surface area contributed by atoms with Gasteiger partial charge >= 0.3 is 13.8 Å². The van der Waals surface area contributed by atoms with Crippen LogP contribution >= 0.6 is 7.82 Å². The summed E-state index contributed by atoms with van der Waals surface area (Å²) in [7, 11) is 1.63. The second-order valence-electron chi connectivity index (χ2n) is 16.8. The Kier molecular flexibility index (Phi) is 41.1. The van der Waals surface area contributed by atoms with Crippen molar-refractivity contribution in [1.82, 2.24) is 0 Å². The van der Waals surface area contributed by atoms with Crippen molar-refractivity contribution in [2.24, 2.45) is 0 Å². The van der Waals surface area contributed by atoms with Gasteiger partial charge in [0.2, 0.25) is 0 Å². The van der Waals surface area contributed by atoms with Crippen LogP contribution in [0.5, 0.6) is 0 Å². The van der Waals surface area contributed by atoms with Gasteiger partial charge in [0.15, 0.2) is 0 Å². The number of carbonyl (C=O) groups is 1. The average molecular weight is 849 g/mol. The lowest BCUT2D eigenvalue weighted by molar-refractivity contribution is -0.870. The number of quaternary nitrogens is 1. The molecule has 0 radical (unpaired) electrons. The van der Waals surface area contributed by atoms with Crippen molar-refractivity contribution in [3.63, 3.8) is 0 Å². The van der Waals surface area contributed by atoms with Crippen molar-refractivity contribution in [1.29, 1.82) is 0 Å². The summed E-state index contributed by atoms with van der Waals surface area (Å²) in [5, 5.41) is 0. The molecular weight excluding hydrogens is 758 g/mol. The molecule has 0 aliphatic carbocycles. The smallest absolute Gasteiger partial charge is 0.457 e. The van der Waals surface area contributed by atoms with Gasteiger partial charge in [0.05, 0.1) is 34.4 Å². The molecule has 1 N–H and O–H groups in total. The maximum Gasteiger partial charge on any atom is 0.472 e. The Labute approximate surface area is 363 Å². The van der Waals surface area contributed by atoms with E-state index in [4.69, 9.17) is 18.5 Å². The molecule has 0 aliphatic rings. The van der Waals surface area contributed by atoms with Crippen molar-refractivity contribution in [2.75, 3.05) is 54.1 Å². The second kappa shape index (κ2) is 42.6. The van der Waals surface area contributed by atoms with E-state index in [1.54, 1.807) is 0 Å². The SMILES string of the molecule is CC/C=C\C/C=C\C/C=C\C/C=C\C/C=C\C/C=C\CCCOCC(COP(=O)(O)OCC[N+](C)(C)C)OC(=O)CCCCCCCCCCCCCCCCCCC. The molecule has 0 heterocycles. The number of phosphoric acid groups is 1. The van der Waals surface area contributed by atoms with Gasteiger partial charge in [-0.25, -0.2) is 4.57 Å². The molecule has 0 amide bonds. The Morgan fingerprint density at radius 2 is 0.966 bits per heavy atom. The highest BCUT2D eigenvalue weighted by atomic mass is 31.2. The van der Waals surface area contributed by atoms with Crippen molar-refractivity contribution < 1.29 is 37.3 Å². The number of nitrogens with zero attached hydrogens (tertiary/aromatic N) is 1. The number of hydrogen-bond acceptors (Lipinski definition) is 6. The standard InChI is InChI=1S/C50H90NO7P/c1-6-8-10-12-14-16-18-20-22-24-25-26-28-30-32-34-36-38-40-42-45-55-47-49(48-57-59(53,54)56-46-44-51(3,4)5)58-50(52)43-41-39-37-35-33-31-29-27-23-21-19-17-15-13-11-9-7-2/h8,10,14,16,20,22,25-26,30,32,36,38,49H,6-7,9,11-13,15,17-19,21,23-24,27-29,31,33-35,37,39-48H2,1-5H3/p+1/b10-8-,16-14-,22-20-,26-25-,32-30-,38-36-. The van der Waals surface area contributed by atoms with Gasteiger partial charge in [0.1, 0.15) is 19.3 Å². The first-order chi connectivity index (χ1) is 28.6. The molecule has 0 spiro atoms. The van der Waals surface area contributed by atoms with Crippen LogP contribution < -0.4 is 0 Å². The van der Waals surface area contributed by atoms with E-state index < -0.39 is 13.9 Å². The summed E-state index contributed by atoms with van der Waals surface area (Å²) < 4.78 is 35.0. The predicted octanol–water partition coefficient (Wildman–Crippen LogP) is 14.3. The molecule has 0 bridgehead atoms. The van der Waals surface area contributed by atoms with Gasteiger partial charge < -0.3 is 18.9 Å². The van der Waals surface area contributed by atoms with Crippen LogP contribution in [0.2, 0.25) is 0 Å². The summed E-state index contributed by atoms with van der Waals surface area (Å²) in [6, 6.07) is 0. The van der Waals surface area contributed by atoms with Crippen molar-refractivity contribution in [3.8, 4) is 0 Å². The molecule has 342 valence electrons. The highest BCUT2D eigenvalue weighted by molar-refractivity contribution is 7.47. The average Bonchev–Trinajstić information content (AvgIpc) is 3.19. The molecular formula is C50H91NO7P+. The van der Waals surface area contributed by atoms with Gasteiger partial charge in [-0.1, -0.05) is 189 Å². The zero-order chi connectivity index (χ0) is 43.4. The van der Waals surface area contributed by atoms with Crippen molar-refractivity contribution in [3.05, 3.63) is 72.9 Å². The summed E-state index contributed by atoms with van der Waals surface area (Å²) in [6.07, 6.45) is 55.2. The number of ether oxygens (including phenoxy) is 2. The zero-order valence-corrected chi connectivity index (χ0v) is 39.6. The number of likely N-dealkylation sites (N-methyl/N-ethyl adjacent to an activating group) is 1. The van der Waals surface area contributed by atoms with E-state index in [-0.39, 0.29) is 25.8 Å². The van der Waals surface area contributed by atoms with Gasteiger partial charge in [-0.05, 0) is 57.8 Å². The van der Waals surface area contributed by atoms with Crippen LogP contribution in [-0.2, 0) is 27.9 Å². The predicted molar refractivity (Wildman–Crippen MR) is 252 cm³/mol. The minimum Gasteiger partial charge on any atom is -0.457 e. The minimum atomic E-state index is -4.30.